The Kier molecular flexibility index (Phi) is 1.02. The van der Waals surface area contributed by atoms with Gasteiger partial charge >= 0.3 is 0 Å². The van der Waals surface area contributed by atoms with Crippen LogP contribution in [0, 0.1) is 5.82 Å². The number of hydrogen-bond donors (Lipinski definition) is 0. The molecule has 0 unspecified atom stereocenters. The van der Waals surface area contributed by atoms with Crippen molar-refractivity contribution in [3.8, 4) is 0 Å². The van der Waals surface area contributed by atoms with Crippen LogP contribution in [0.2, 0.25) is 0 Å². The van der Waals surface area contributed by atoms with Crippen molar-refractivity contribution in [1.82, 2.24) is 4.98 Å². The maximum atomic E-state index is 11.9. The summed E-state index contributed by atoms with van der Waals surface area (Å²) in [6.07, 6.45) is 2.82. The average molecular weight is 96.1 g/mol. The van der Waals surface area contributed by atoms with E-state index in [1.54, 1.807) is 0 Å². The zero-order valence-corrected chi connectivity index (χ0v) is 3.63. The van der Waals surface area contributed by atoms with Crippen LogP contribution in [0.3, 0.4) is 0 Å². The lowest BCUT2D eigenvalue weighted by atomic mass is 10.5. The van der Waals surface area contributed by atoms with Gasteiger partial charge in [0.1, 0.15) is 5.82 Å². The minimum absolute atomic E-state index is 0.241. The SMILES string of the molecule is [18F]c1ccncc1. The van der Waals surface area contributed by atoms with Crippen LogP contribution < -0.4 is 0 Å². The fourth-order valence-electron chi connectivity index (χ4n) is 0.334. The van der Waals surface area contributed by atoms with Crippen molar-refractivity contribution in [3.63, 3.8) is 0 Å². The zero-order valence-electron chi connectivity index (χ0n) is 3.63. The molecule has 7 heavy (non-hydrogen) atoms. The van der Waals surface area contributed by atoms with Gasteiger partial charge in [0.15, 0.2) is 0 Å². The van der Waals surface area contributed by atoms with Crippen LogP contribution in [0.25, 0.3) is 0 Å². The van der Waals surface area contributed by atoms with E-state index in [-0.39, 0.29) is 5.82 Å². The predicted molar refractivity (Wildman–Crippen MR) is 24.2 cm³/mol. The Bertz CT molecular complexity index is 138. The van der Waals surface area contributed by atoms with Gasteiger partial charge in [0.2, 0.25) is 0 Å². The summed E-state index contributed by atoms with van der Waals surface area (Å²) in [5.41, 5.74) is 0. The Morgan fingerprint density at radius 3 is 2.14 bits per heavy atom. The van der Waals surface area contributed by atoms with Crippen molar-refractivity contribution in [2.45, 2.75) is 0 Å². The monoisotopic (exact) mass is 96.0 g/mol. The third-order valence-corrected chi connectivity index (χ3v) is 0.640. The molecular weight excluding hydrogens is 92.1 g/mol. The highest BCUT2D eigenvalue weighted by Gasteiger charge is 1.78. The quantitative estimate of drug-likeness (QED) is 0.473. The summed E-state index contributed by atoms with van der Waals surface area (Å²) in [5, 5.41) is 0. The molecule has 0 saturated heterocycles. The van der Waals surface area contributed by atoms with Crippen molar-refractivity contribution >= 4 is 0 Å². The Hall–Kier alpha value is -0.920. The molecule has 2 heteroatoms. The minimum Gasteiger partial charge on any atom is -0.265 e. The van der Waals surface area contributed by atoms with Gasteiger partial charge in [-0.2, -0.15) is 0 Å². The summed E-state index contributed by atoms with van der Waals surface area (Å²) in [7, 11) is 0. The van der Waals surface area contributed by atoms with Gasteiger partial charge in [-0.3, -0.25) is 4.98 Å². The molecule has 0 atom stereocenters. The van der Waals surface area contributed by atoms with E-state index in [4.69, 9.17) is 0 Å². The molecular formula is C5H4FN. The molecule has 0 bridgehead atoms. The molecule has 1 aromatic rings. The number of pyridine rings is 1. The molecule has 1 aromatic heterocycles. The van der Waals surface area contributed by atoms with Gasteiger partial charge in [-0.25, -0.2) is 4.39 Å². The van der Waals surface area contributed by atoms with Crippen LogP contribution in [0.5, 0.6) is 0 Å². The summed E-state index contributed by atoms with van der Waals surface area (Å²) in [6, 6.07) is 2.61. The van der Waals surface area contributed by atoms with E-state index in [0.29, 0.717) is 0 Å². The van der Waals surface area contributed by atoms with Crippen LogP contribution in [0.4, 0.5) is 4.39 Å². The molecule has 0 fully saturated rings. The number of halogens is 1. The van der Waals surface area contributed by atoms with Gasteiger partial charge in [-0.05, 0) is 12.1 Å². The Morgan fingerprint density at radius 1 is 1.29 bits per heavy atom. The Balaban J connectivity index is 3.02. The van der Waals surface area contributed by atoms with Crippen LogP contribution in [0.1, 0.15) is 0 Å². The Labute approximate surface area is 40.8 Å². The molecule has 0 amide bonds. The molecule has 0 aliphatic rings. The van der Waals surface area contributed by atoms with Crippen molar-refractivity contribution in [2.75, 3.05) is 0 Å². The average Bonchev–Trinajstić information content (AvgIpc) is 1.69. The minimum atomic E-state index is -0.241. The third-order valence-electron chi connectivity index (χ3n) is 0.640. The molecule has 36 valence electrons. The lowest BCUT2D eigenvalue weighted by Crippen LogP contribution is -1.69. The Morgan fingerprint density at radius 2 is 1.86 bits per heavy atom. The summed E-state index contributed by atoms with van der Waals surface area (Å²) >= 11 is 0. The standard InChI is InChI=1S/C5H4FN/c6-5-1-3-7-4-2-5/h1-4H/i6-1. The van der Waals surface area contributed by atoms with E-state index in [9.17, 15) is 4.39 Å². The lowest BCUT2D eigenvalue weighted by Gasteiger charge is -1.78. The summed E-state index contributed by atoms with van der Waals surface area (Å²) in [4.78, 5) is 3.61. The second-order valence-corrected chi connectivity index (χ2v) is 1.17. The molecule has 0 spiro atoms. The lowest BCUT2D eigenvalue weighted by molar-refractivity contribution is 0.625. The van der Waals surface area contributed by atoms with Crippen LogP contribution in [-0.4, -0.2) is 4.98 Å². The first-order valence-electron chi connectivity index (χ1n) is 1.95. The number of hydrogen-bond acceptors (Lipinski definition) is 1. The van der Waals surface area contributed by atoms with E-state index in [0.717, 1.165) is 0 Å². The first-order chi connectivity index (χ1) is 3.39. The van der Waals surface area contributed by atoms with Gasteiger partial charge in [-0.1, -0.05) is 0 Å². The maximum absolute atomic E-state index is 11.9. The second-order valence-electron chi connectivity index (χ2n) is 1.17. The fraction of sp³-hybridized carbons (Fsp3) is 0. The van der Waals surface area contributed by atoms with Gasteiger partial charge in [0.05, 0.1) is 0 Å². The predicted octanol–water partition coefficient (Wildman–Crippen LogP) is 1.22. The molecule has 0 radical (unpaired) electrons. The van der Waals surface area contributed by atoms with E-state index < -0.39 is 0 Å². The number of aromatic nitrogens is 1. The maximum Gasteiger partial charge on any atom is 0.126 e. The van der Waals surface area contributed by atoms with Gasteiger partial charge in [0, 0.05) is 12.4 Å². The fourth-order valence-corrected chi connectivity index (χ4v) is 0.334. The highest BCUT2D eigenvalue weighted by molar-refractivity contribution is 4.92. The molecule has 1 nitrogen and oxygen atoms in total. The van der Waals surface area contributed by atoms with E-state index in [1.165, 1.54) is 24.5 Å². The first kappa shape index (κ1) is 4.24. The smallest absolute Gasteiger partial charge is 0.126 e. The topological polar surface area (TPSA) is 12.9 Å². The van der Waals surface area contributed by atoms with Crippen molar-refractivity contribution in [2.24, 2.45) is 0 Å². The van der Waals surface area contributed by atoms with E-state index in [2.05, 4.69) is 4.98 Å². The summed E-state index contributed by atoms with van der Waals surface area (Å²) < 4.78 is 11.9. The number of nitrogens with zero attached hydrogens (tertiary/aromatic N) is 1. The molecule has 0 N–H and O–H groups in total. The van der Waals surface area contributed by atoms with Crippen molar-refractivity contribution in [3.05, 3.63) is 30.3 Å². The van der Waals surface area contributed by atoms with Gasteiger partial charge < -0.3 is 0 Å². The highest BCUT2D eigenvalue weighted by Crippen LogP contribution is 1.88. The van der Waals surface area contributed by atoms with E-state index in [1.807, 2.05) is 0 Å². The zero-order chi connectivity index (χ0) is 5.11. The van der Waals surface area contributed by atoms with E-state index >= 15 is 0 Å². The van der Waals surface area contributed by atoms with Gasteiger partial charge in [-0.15, -0.1) is 0 Å². The van der Waals surface area contributed by atoms with Crippen LogP contribution >= 0.6 is 0 Å². The van der Waals surface area contributed by atoms with Crippen molar-refractivity contribution in [1.29, 1.82) is 0 Å². The molecule has 0 aliphatic carbocycles. The van der Waals surface area contributed by atoms with Crippen LogP contribution in [-0.2, 0) is 0 Å². The molecule has 1 rings (SSSR count). The molecule has 1 heterocycles. The molecule has 0 saturated carbocycles. The largest absolute Gasteiger partial charge is 0.265 e. The molecule has 0 aromatic carbocycles. The normalized spacial score (nSPS) is 8.71. The van der Waals surface area contributed by atoms with Crippen molar-refractivity contribution < 1.29 is 4.39 Å². The van der Waals surface area contributed by atoms with Gasteiger partial charge in [0.25, 0.3) is 0 Å². The summed E-state index contributed by atoms with van der Waals surface area (Å²) in [6.45, 7) is 0. The first-order valence-corrected chi connectivity index (χ1v) is 1.95. The van der Waals surface area contributed by atoms with Crippen LogP contribution in [0.15, 0.2) is 24.5 Å². The highest BCUT2D eigenvalue weighted by atomic mass is 18.2. The molecule has 0 aliphatic heterocycles. The summed E-state index contributed by atoms with van der Waals surface area (Å²) in [5.74, 6) is -0.241. The second kappa shape index (κ2) is 1.69. The third kappa shape index (κ3) is 0.961. The number of rotatable bonds is 0.